The second-order valence-electron chi connectivity index (χ2n) is 8.49. The highest BCUT2D eigenvalue weighted by molar-refractivity contribution is 7.89. The van der Waals surface area contributed by atoms with Crippen LogP contribution in [0, 0.1) is 0 Å². The number of fused-ring (bicyclic) bond motifs is 1. The molecular formula is C24H31N5O4S. The number of hydrogen-bond donors (Lipinski definition) is 0. The number of hydrogen-bond acceptors (Lipinski definition) is 6. The molecule has 2 aliphatic heterocycles. The maximum absolute atomic E-state index is 13.5. The van der Waals surface area contributed by atoms with E-state index in [0.717, 1.165) is 5.82 Å². The quantitative estimate of drug-likeness (QED) is 0.619. The van der Waals surface area contributed by atoms with Gasteiger partial charge in [-0.3, -0.25) is 14.5 Å². The summed E-state index contributed by atoms with van der Waals surface area (Å²) >= 11 is 0. The lowest BCUT2D eigenvalue weighted by Gasteiger charge is -2.37. The van der Waals surface area contributed by atoms with E-state index in [4.69, 9.17) is 0 Å². The van der Waals surface area contributed by atoms with E-state index in [1.165, 1.54) is 22.2 Å². The highest BCUT2D eigenvalue weighted by Crippen LogP contribution is 2.35. The lowest BCUT2D eigenvalue weighted by Crippen LogP contribution is -2.55. The van der Waals surface area contributed by atoms with Crippen LogP contribution in [0.5, 0.6) is 0 Å². The summed E-state index contributed by atoms with van der Waals surface area (Å²) < 4.78 is 27.4. The standard InChI is InChI=1S/C24H31N5O4S/c1-4-28(5-2)34(32,33)20-9-10-21-19(16-20)17-22(29(21)18(3)30)24(31)27-14-12-26(13-15-27)23-8-6-7-11-25-23/h6-11,16,22H,4-5,12-15,17H2,1-3H3. The van der Waals surface area contributed by atoms with Gasteiger partial charge in [0.2, 0.25) is 21.8 Å². The Balaban J connectivity index is 1.53. The van der Waals surface area contributed by atoms with Crippen LogP contribution in [0.1, 0.15) is 26.3 Å². The van der Waals surface area contributed by atoms with E-state index < -0.39 is 16.1 Å². The van der Waals surface area contributed by atoms with Crippen molar-refractivity contribution < 1.29 is 18.0 Å². The van der Waals surface area contributed by atoms with E-state index in [-0.39, 0.29) is 16.7 Å². The number of sulfonamides is 1. The van der Waals surface area contributed by atoms with Crippen molar-refractivity contribution in [1.29, 1.82) is 0 Å². The molecule has 2 aromatic rings. The Morgan fingerprint density at radius 2 is 1.76 bits per heavy atom. The normalized spacial score (nSPS) is 18.4. The Kier molecular flexibility index (Phi) is 6.90. The van der Waals surface area contributed by atoms with Gasteiger partial charge in [-0.25, -0.2) is 13.4 Å². The van der Waals surface area contributed by atoms with Gasteiger partial charge < -0.3 is 9.80 Å². The molecular weight excluding hydrogens is 454 g/mol. The summed E-state index contributed by atoms with van der Waals surface area (Å²) in [5, 5.41) is 0. The average Bonchev–Trinajstić information content (AvgIpc) is 3.24. The van der Waals surface area contributed by atoms with Crippen LogP contribution in [-0.4, -0.2) is 79.7 Å². The second-order valence-corrected chi connectivity index (χ2v) is 10.4. The van der Waals surface area contributed by atoms with Gasteiger partial charge in [-0.2, -0.15) is 4.31 Å². The Morgan fingerprint density at radius 1 is 1.06 bits per heavy atom. The van der Waals surface area contributed by atoms with Crippen LogP contribution in [0.15, 0.2) is 47.5 Å². The number of rotatable bonds is 6. The molecule has 34 heavy (non-hydrogen) atoms. The van der Waals surface area contributed by atoms with Crippen LogP contribution in [0.2, 0.25) is 0 Å². The summed E-state index contributed by atoms with van der Waals surface area (Å²) in [5.41, 5.74) is 1.31. The van der Waals surface area contributed by atoms with Crippen molar-refractivity contribution in [2.75, 3.05) is 49.1 Å². The van der Waals surface area contributed by atoms with Gasteiger partial charge in [-0.05, 0) is 35.9 Å². The molecule has 2 amide bonds. The zero-order valence-corrected chi connectivity index (χ0v) is 20.7. The minimum atomic E-state index is -3.63. The molecule has 4 rings (SSSR count). The average molecular weight is 486 g/mol. The van der Waals surface area contributed by atoms with Crippen molar-refractivity contribution in [2.45, 2.75) is 38.1 Å². The molecule has 2 aliphatic rings. The summed E-state index contributed by atoms with van der Waals surface area (Å²) in [6, 6.07) is 9.89. The van der Waals surface area contributed by atoms with Gasteiger partial charge in [-0.1, -0.05) is 19.9 Å². The third-order valence-electron chi connectivity index (χ3n) is 6.57. The van der Waals surface area contributed by atoms with E-state index in [9.17, 15) is 18.0 Å². The van der Waals surface area contributed by atoms with Gasteiger partial charge >= 0.3 is 0 Å². The van der Waals surface area contributed by atoms with Gasteiger partial charge in [0.25, 0.3) is 0 Å². The molecule has 0 radical (unpaired) electrons. The molecule has 1 fully saturated rings. The molecule has 1 saturated heterocycles. The predicted molar refractivity (Wildman–Crippen MR) is 130 cm³/mol. The minimum absolute atomic E-state index is 0.111. The first kappa shape index (κ1) is 24.2. The maximum atomic E-state index is 13.5. The number of benzene rings is 1. The zero-order valence-electron chi connectivity index (χ0n) is 19.8. The van der Waals surface area contributed by atoms with E-state index in [0.29, 0.717) is 56.9 Å². The first-order chi connectivity index (χ1) is 16.3. The largest absolute Gasteiger partial charge is 0.353 e. The summed E-state index contributed by atoms with van der Waals surface area (Å²) in [7, 11) is -3.63. The van der Waals surface area contributed by atoms with Gasteiger partial charge in [0.1, 0.15) is 11.9 Å². The van der Waals surface area contributed by atoms with E-state index in [2.05, 4.69) is 9.88 Å². The van der Waals surface area contributed by atoms with Crippen LogP contribution in [0.4, 0.5) is 11.5 Å². The maximum Gasteiger partial charge on any atom is 0.246 e. The minimum Gasteiger partial charge on any atom is -0.353 e. The Bertz CT molecular complexity index is 1160. The number of aromatic nitrogens is 1. The highest BCUT2D eigenvalue weighted by atomic mass is 32.2. The number of piperazine rings is 1. The summed E-state index contributed by atoms with van der Waals surface area (Å²) in [5.74, 6) is 0.541. The van der Waals surface area contributed by atoms with Crippen molar-refractivity contribution in [3.8, 4) is 0 Å². The molecule has 0 aliphatic carbocycles. The molecule has 1 aromatic heterocycles. The Morgan fingerprint density at radius 3 is 2.35 bits per heavy atom. The van der Waals surface area contributed by atoms with E-state index in [1.54, 1.807) is 37.1 Å². The Hall–Kier alpha value is -2.98. The van der Waals surface area contributed by atoms with Gasteiger partial charge in [0, 0.05) is 64.5 Å². The number of anilines is 2. The van der Waals surface area contributed by atoms with Crippen molar-refractivity contribution in [3.05, 3.63) is 48.2 Å². The molecule has 9 nitrogen and oxygen atoms in total. The van der Waals surface area contributed by atoms with Crippen molar-refractivity contribution in [2.24, 2.45) is 0 Å². The first-order valence-corrected chi connectivity index (χ1v) is 13.1. The fourth-order valence-electron chi connectivity index (χ4n) is 4.80. The molecule has 182 valence electrons. The molecule has 0 spiro atoms. The molecule has 1 unspecified atom stereocenters. The van der Waals surface area contributed by atoms with Crippen LogP contribution in [0.3, 0.4) is 0 Å². The lowest BCUT2D eigenvalue weighted by atomic mass is 10.1. The van der Waals surface area contributed by atoms with Crippen molar-refractivity contribution in [3.63, 3.8) is 0 Å². The summed E-state index contributed by atoms with van der Waals surface area (Å²) in [6.45, 7) is 8.19. The van der Waals surface area contributed by atoms with Crippen molar-refractivity contribution >= 4 is 33.3 Å². The fraction of sp³-hybridized carbons (Fsp3) is 0.458. The molecule has 0 bridgehead atoms. The third kappa shape index (κ3) is 4.39. The topological polar surface area (TPSA) is 94.1 Å². The van der Waals surface area contributed by atoms with Gasteiger partial charge in [-0.15, -0.1) is 0 Å². The van der Waals surface area contributed by atoms with Crippen molar-refractivity contribution in [1.82, 2.24) is 14.2 Å². The highest BCUT2D eigenvalue weighted by Gasteiger charge is 2.40. The van der Waals surface area contributed by atoms with Crippen LogP contribution >= 0.6 is 0 Å². The molecule has 10 heteroatoms. The number of carbonyl (C=O) groups excluding carboxylic acids is 2. The third-order valence-corrected chi connectivity index (χ3v) is 8.61. The summed E-state index contributed by atoms with van der Waals surface area (Å²) in [6.07, 6.45) is 2.05. The van der Waals surface area contributed by atoms with Crippen LogP contribution in [-0.2, 0) is 26.0 Å². The van der Waals surface area contributed by atoms with Gasteiger partial charge in [0.05, 0.1) is 4.90 Å². The van der Waals surface area contributed by atoms with E-state index >= 15 is 0 Å². The number of pyridine rings is 1. The predicted octanol–water partition coefficient (Wildman–Crippen LogP) is 1.74. The summed E-state index contributed by atoms with van der Waals surface area (Å²) in [4.78, 5) is 36.0. The lowest BCUT2D eigenvalue weighted by molar-refractivity contribution is -0.134. The first-order valence-electron chi connectivity index (χ1n) is 11.7. The fourth-order valence-corrected chi connectivity index (χ4v) is 6.30. The monoisotopic (exact) mass is 485 g/mol. The smallest absolute Gasteiger partial charge is 0.246 e. The van der Waals surface area contributed by atoms with Crippen LogP contribution < -0.4 is 9.80 Å². The number of amides is 2. The molecule has 3 heterocycles. The Labute approximate surface area is 201 Å². The SMILES string of the molecule is CCN(CC)S(=O)(=O)c1ccc2c(c1)CC(C(=O)N1CCN(c3ccccn3)CC1)N2C(C)=O. The van der Waals surface area contributed by atoms with Crippen LogP contribution in [0.25, 0.3) is 0 Å². The molecule has 1 aromatic carbocycles. The molecule has 1 atom stereocenters. The number of nitrogens with zero attached hydrogens (tertiary/aromatic N) is 5. The molecule has 0 saturated carbocycles. The molecule has 0 N–H and O–H groups in total. The van der Waals surface area contributed by atoms with Gasteiger partial charge in [0.15, 0.2) is 0 Å². The number of carbonyl (C=O) groups is 2. The van der Waals surface area contributed by atoms with E-state index in [1.807, 2.05) is 18.2 Å². The zero-order chi connectivity index (χ0) is 24.5. The second kappa shape index (κ2) is 9.71.